The van der Waals surface area contributed by atoms with Crippen LogP contribution in [0.5, 0.6) is 5.75 Å². The average Bonchev–Trinajstić information content (AvgIpc) is 2.74. The summed E-state index contributed by atoms with van der Waals surface area (Å²) in [6.07, 6.45) is 0.314. The van der Waals surface area contributed by atoms with E-state index in [0.29, 0.717) is 13.0 Å². The van der Waals surface area contributed by atoms with E-state index in [1.807, 2.05) is 61.5 Å². The number of carboxylic acid groups (broad SMARTS) is 1. The van der Waals surface area contributed by atoms with E-state index in [4.69, 9.17) is 20.1 Å². The molecule has 0 saturated carbocycles. The molecule has 0 aliphatic carbocycles. The average molecular weight is 444 g/mol. The molecule has 8 heteroatoms. The minimum Gasteiger partial charge on any atom is -0.489 e. The molecule has 0 aliphatic rings. The first-order valence-corrected chi connectivity index (χ1v) is 10.9. The molecule has 0 bridgehead atoms. The van der Waals surface area contributed by atoms with E-state index in [0.717, 1.165) is 22.4 Å². The molecule has 3 aromatic rings. The standard InChI is InChI=1S/C16H17NO3.C7H8O3S/c17-15(16(18)19)10-12-6-8-14(9-7-12)20-11-13-4-2-1-3-5-13;1-6-2-4-7(5-3-6)11(8,9)10/h1-9,15H,10-11,17H2,(H,18,19);2-5H,1H3,(H,8,9,10). The summed E-state index contributed by atoms with van der Waals surface area (Å²) in [5, 5.41) is 8.76. The summed E-state index contributed by atoms with van der Waals surface area (Å²) < 4.78 is 35.2. The Kier molecular flexibility index (Phi) is 8.75. The van der Waals surface area contributed by atoms with E-state index in [1.165, 1.54) is 12.1 Å². The van der Waals surface area contributed by atoms with Crippen molar-refractivity contribution in [2.24, 2.45) is 5.73 Å². The summed E-state index contributed by atoms with van der Waals surface area (Å²) in [5.74, 6) is -0.240. The fourth-order valence-corrected chi connectivity index (χ4v) is 2.99. The van der Waals surface area contributed by atoms with Gasteiger partial charge in [-0.15, -0.1) is 0 Å². The maximum absolute atomic E-state index is 10.7. The van der Waals surface area contributed by atoms with Crippen LogP contribution in [0.15, 0.2) is 83.8 Å². The number of benzene rings is 3. The van der Waals surface area contributed by atoms with Gasteiger partial charge >= 0.3 is 5.97 Å². The zero-order valence-corrected chi connectivity index (χ0v) is 17.8. The smallest absolute Gasteiger partial charge is 0.320 e. The van der Waals surface area contributed by atoms with Gasteiger partial charge in [-0.05, 0) is 48.7 Å². The number of aryl methyl sites for hydroxylation is 1. The van der Waals surface area contributed by atoms with Gasteiger partial charge in [0.1, 0.15) is 18.4 Å². The Balaban J connectivity index is 0.000000262. The number of rotatable bonds is 7. The van der Waals surface area contributed by atoms with Crippen LogP contribution in [0.4, 0.5) is 0 Å². The minimum absolute atomic E-state index is 0.0666. The minimum atomic E-state index is -4.02. The van der Waals surface area contributed by atoms with Gasteiger partial charge in [-0.25, -0.2) is 0 Å². The second-order valence-corrected chi connectivity index (χ2v) is 8.28. The van der Waals surface area contributed by atoms with Crippen molar-refractivity contribution in [2.45, 2.75) is 30.9 Å². The zero-order valence-electron chi connectivity index (χ0n) is 17.0. The van der Waals surface area contributed by atoms with Gasteiger partial charge in [0.25, 0.3) is 10.1 Å². The van der Waals surface area contributed by atoms with Crippen LogP contribution in [0.25, 0.3) is 0 Å². The Morgan fingerprint density at radius 3 is 2.03 bits per heavy atom. The molecule has 0 amide bonds. The largest absolute Gasteiger partial charge is 0.489 e. The maximum Gasteiger partial charge on any atom is 0.320 e. The third-order valence-corrected chi connectivity index (χ3v) is 5.13. The third kappa shape index (κ3) is 8.59. The highest BCUT2D eigenvalue weighted by Crippen LogP contribution is 2.15. The Labute approximate surface area is 181 Å². The molecule has 1 atom stereocenters. The molecule has 0 radical (unpaired) electrons. The van der Waals surface area contributed by atoms with Crippen molar-refractivity contribution in [1.29, 1.82) is 0 Å². The predicted octanol–water partition coefficient (Wildman–Crippen LogP) is 3.46. The highest BCUT2D eigenvalue weighted by atomic mass is 32.2. The first-order valence-electron chi connectivity index (χ1n) is 9.43. The van der Waals surface area contributed by atoms with Crippen molar-refractivity contribution in [3.05, 3.63) is 95.6 Å². The van der Waals surface area contributed by atoms with E-state index in [-0.39, 0.29) is 4.90 Å². The van der Waals surface area contributed by atoms with Crippen LogP contribution < -0.4 is 10.5 Å². The highest BCUT2D eigenvalue weighted by Gasteiger charge is 2.11. The number of hydrogen-bond acceptors (Lipinski definition) is 5. The molecule has 3 aromatic carbocycles. The van der Waals surface area contributed by atoms with E-state index >= 15 is 0 Å². The molecule has 0 aliphatic heterocycles. The summed E-state index contributed by atoms with van der Waals surface area (Å²) in [6.45, 7) is 2.35. The van der Waals surface area contributed by atoms with Crippen LogP contribution in [0.2, 0.25) is 0 Å². The van der Waals surface area contributed by atoms with Gasteiger partial charge < -0.3 is 15.6 Å². The number of ether oxygens (including phenoxy) is 1. The van der Waals surface area contributed by atoms with Gasteiger partial charge in [-0.2, -0.15) is 8.42 Å². The second-order valence-electron chi connectivity index (χ2n) is 6.86. The molecular weight excluding hydrogens is 418 g/mol. The number of nitrogens with two attached hydrogens (primary N) is 1. The first-order chi connectivity index (χ1) is 14.6. The van der Waals surface area contributed by atoms with Crippen LogP contribution in [0.1, 0.15) is 16.7 Å². The van der Waals surface area contributed by atoms with Crippen molar-refractivity contribution < 1.29 is 27.6 Å². The molecule has 0 spiro atoms. The maximum atomic E-state index is 10.7. The number of hydrogen-bond donors (Lipinski definition) is 3. The van der Waals surface area contributed by atoms with Crippen molar-refractivity contribution in [3.63, 3.8) is 0 Å². The molecular formula is C23H25NO6S. The van der Waals surface area contributed by atoms with Crippen molar-refractivity contribution in [1.82, 2.24) is 0 Å². The van der Waals surface area contributed by atoms with E-state index in [1.54, 1.807) is 12.1 Å². The SMILES string of the molecule is Cc1ccc(S(=O)(=O)O)cc1.NC(Cc1ccc(OCc2ccccc2)cc1)C(=O)O. The molecule has 0 saturated heterocycles. The van der Waals surface area contributed by atoms with Crippen LogP contribution in [-0.4, -0.2) is 30.1 Å². The monoisotopic (exact) mass is 443 g/mol. The van der Waals surface area contributed by atoms with Crippen molar-refractivity contribution in [3.8, 4) is 5.75 Å². The van der Waals surface area contributed by atoms with Gasteiger partial charge in [0, 0.05) is 0 Å². The molecule has 164 valence electrons. The predicted molar refractivity (Wildman–Crippen MR) is 118 cm³/mol. The normalized spacial score (nSPS) is 11.7. The summed E-state index contributed by atoms with van der Waals surface area (Å²) in [6, 6.07) is 22.3. The quantitative estimate of drug-likeness (QED) is 0.477. The van der Waals surface area contributed by atoms with Crippen LogP contribution in [0.3, 0.4) is 0 Å². The highest BCUT2D eigenvalue weighted by molar-refractivity contribution is 7.85. The summed E-state index contributed by atoms with van der Waals surface area (Å²) in [4.78, 5) is 10.6. The molecule has 31 heavy (non-hydrogen) atoms. The van der Waals surface area contributed by atoms with Crippen LogP contribution >= 0.6 is 0 Å². The van der Waals surface area contributed by atoms with Gasteiger partial charge in [0.15, 0.2) is 0 Å². The molecule has 0 heterocycles. The number of aliphatic carboxylic acids is 1. The van der Waals surface area contributed by atoms with Crippen LogP contribution in [0, 0.1) is 6.92 Å². The van der Waals surface area contributed by atoms with Gasteiger partial charge in [-0.3, -0.25) is 9.35 Å². The van der Waals surface area contributed by atoms with Crippen molar-refractivity contribution >= 4 is 16.1 Å². The fourth-order valence-electron chi connectivity index (χ4n) is 2.51. The van der Waals surface area contributed by atoms with E-state index < -0.39 is 22.1 Å². The lowest BCUT2D eigenvalue weighted by atomic mass is 10.1. The molecule has 4 N–H and O–H groups in total. The molecule has 3 rings (SSSR count). The lowest BCUT2D eigenvalue weighted by Crippen LogP contribution is -2.32. The Hall–Kier alpha value is -3.20. The molecule has 1 unspecified atom stereocenters. The Bertz CT molecular complexity index is 1070. The summed E-state index contributed by atoms with van der Waals surface area (Å²) in [7, 11) is -4.02. The molecule has 7 nitrogen and oxygen atoms in total. The van der Waals surface area contributed by atoms with Gasteiger partial charge in [0.05, 0.1) is 4.90 Å². The fraction of sp³-hybridized carbons (Fsp3) is 0.174. The van der Waals surface area contributed by atoms with Crippen LogP contribution in [-0.2, 0) is 27.9 Å². The van der Waals surface area contributed by atoms with E-state index in [9.17, 15) is 13.2 Å². The second kappa shape index (κ2) is 11.3. The Morgan fingerprint density at radius 2 is 1.52 bits per heavy atom. The van der Waals surface area contributed by atoms with E-state index in [2.05, 4.69) is 0 Å². The lowest BCUT2D eigenvalue weighted by Gasteiger charge is -2.09. The lowest BCUT2D eigenvalue weighted by molar-refractivity contribution is -0.138. The molecule has 0 aromatic heterocycles. The topological polar surface area (TPSA) is 127 Å². The summed E-state index contributed by atoms with van der Waals surface area (Å²) in [5.41, 5.74) is 8.43. The first kappa shape index (κ1) is 24.1. The molecule has 0 fully saturated rings. The summed E-state index contributed by atoms with van der Waals surface area (Å²) >= 11 is 0. The Morgan fingerprint density at radius 1 is 0.935 bits per heavy atom. The number of carboxylic acids is 1. The van der Waals surface area contributed by atoms with Gasteiger partial charge in [0.2, 0.25) is 0 Å². The van der Waals surface area contributed by atoms with Gasteiger partial charge in [-0.1, -0.05) is 60.2 Å². The zero-order chi connectivity index (χ0) is 22.9. The number of carbonyl (C=O) groups is 1. The third-order valence-electron chi connectivity index (χ3n) is 4.26. The van der Waals surface area contributed by atoms with Crippen molar-refractivity contribution in [2.75, 3.05) is 0 Å².